The normalized spacial score (nSPS) is 16.4. The lowest BCUT2D eigenvalue weighted by atomic mass is 9.97. The van der Waals surface area contributed by atoms with E-state index in [1.165, 1.54) is 16.5 Å². The second-order valence-corrected chi connectivity index (χ2v) is 6.29. The van der Waals surface area contributed by atoms with Gasteiger partial charge in [0.2, 0.25) is 5.91 Å². The Morgan fingerprint density at radius 2 is 2.00 bits per heavy atom. The Hall–Kier alpha value is -1.81. The van der Waals surface area contributed by atoms with Gasteiger partial charge in [0.1, 0.15) is 0 Å². The molecule has 0 unspecified atom stereocenters. The van der Waals surface area contributed by atoms with Gasteiger partial charge in [0.05, 0.1) is 0 Å². The molecular weight excluding hydrogens is 276 g/mol. The van der Waals surface area contributed by atoms with Crippen LogP contribution in [0.15, 0.2) is 30.5 Å². The summed E-state index contributed by atoms with van der Waals surface area (Å²) in [5, 5.41) is 10.4. The van der Waals surface area contributed by atoms with E-state index in [1.807, 2.05) is 24.1 Å². The molecule has 0 saturated carbocycles. The van der Waals surface area contributed by atoms with E-state index >= 15 is 0 Å². The minimum absolute atomic E-state index is 0.240. The van der Waals surface area contributed by atoms with Crippen molar-refractivity contribution >= 4 is 16.8 Å². The summed E-state index contributed by atoms with van der Waals surface area (Å²) in [4.78, 5) is 14.3. The summed E-state index contributed by atoms with van der Waals surface area (Å²) in [5.74, 6) is 0.617. The van der Waals surface area contributed by atoms with Crippen LogP contribution in [0.1, 0.15) is 24.8 Å². The van der Waals surface area contributed by atoms with Crippen LogP contribution in [0.4, 0.5) is 0 Å². The van der Waals surface area contributed by atoms with Crippen molar-refractivity contribution in [2.24, 2.45) is 13.0 Å². The van der Waals surface area contributed by atoms with Crippen LogP contribution in [0.25, 0.3) is 10.9 Å². The minimum atomic E-state index is 0.240. The molecule has 2 heterocycles. The number of carbonyl (C=O) groups excluding carboxylic acids is 1. The van der Waals surface area contributed by atoms with Gasteiger partial charge in [-0.25, -0.2) is 0 Å². The fourth-order valence-electron chi connectivity index (χ4n) is 3.39. The molecule has 1 amide bonds. The van der Waals surface area contributed by atoms with Gasteiger partial charge in [-0.05, 0) is 36.8 Å². The van der Waals surface area contributed by atoms with E-state index in [0.29, 0.717) is 12.3 Å². The molecule has 4 nitrogen and oxygen atoms in total. The Morgan fingerprint density at radius 1 is 1.27 bits per heavy atom. The van der Waals surface area contributed by atoms with Crippen LogP contribution >= 0.6 is 0 Å². The summed E-state index contributed by atoms with van der Waals surface area (Å²) in [7, 11) is 2.05. The highest BCUT2D eigenvalue weighted by molar-refractivity contribution is 5.85. The number of piperidine rings is 1. The second kappa shape index (κ2) is 6.53. The quantitative estimate of drug-likeness (QED) is 0.942. The molecule has 1 aliphatic rings. The number of fused-ring (bicyclic) bond motifs is 1. The van der Waals surface area contributed by atoms with Crippen molar-refractivity contribution < 1.29 is 9.90 Å². The third-order valence-corrected chi connectivity index (χ3v) is 4.81. The molecule has 22 heavy (non-hydrogen) atoms. The second-order valence-electron chi connectivity index (χ2n) is 6.29. The summed E-state index contributed by atoms with van der Waals surface area (Å²) in [6.07, 6.45) is 5.35. The number of rotatable bonds is 4. The predicted octanol–water partition coefficient (Wildman–Crippen LogP) is 2.34. The highest BCUT2D eigenvalue weighted by Crippen LogP contribution is 2.22. The van der Waals surface area contributed by atoms with E-state index in [0.717, 1.165) is 32.4 Å². The maximum Gasteiger partial charge on any atom is 0.222 e. The molecule has 1 N–H and O–H groups in total. The van der Waals surface area contributed by atoms with Gasteiger partial charge >= 0.3 is 0 Å². The third kappa shape index (κ3) is 3.02. The Morgan fingerprint density at radius 3 is 2.73 bits per heavy atom. The van der Waals surface area contributed by atoms with Gasteiger partial charge in [-0.2, -0.15) is 0 Å². The molecule has 1 aromatic heterocycles. The average Bonchev–Trinajstić information content (AvgIpc) is 2.89. The van der Waals surface area contributed by atoms with E-state index in [4.69, 9.17) is 5.11 Å². The lowest BCUT2D eigenvalue weighted by Crippen LogP contribution is -2.39. The minimum Gasteiger partial charge on any atom is -0.396 e. The van der Waals surface area contributed by atoms with Crippen molar-refractivity contribution in [2.45, 2.75) is 25.7 Å². The molecule has 1 aromatic carbocycles. The predicted molar refractivity (Wildman–Crippen MR) is 87.6 cm³/mol. The molecular formula is C18H24N2O2. The molecule has 0 spiro atoms. The number of hydrogen-bond acceptors (Lipinski definition) is 2. The summed E-state index contributed by atoms with van der Waals surface area (Å²) in [6.45, 7) is 1.83. The number of likely N-dealkylation sites (tertiary alicyclic amines) is 1. The number of para-hydroxylation sites is 1. The zero-order valence-electron chi connectivity index (χ0n) is 13.2. The lowest BCUT2D eigenvalue weighted by Gasteiger charge is -2.31. The fourth-order valence-corrected chi connectivity index (χ4v) is 3.39. The largest absolute Gasteiger partial charge is 0.396 e. The third-order valence-electron chi connectivity index (χ3n) is 4.81. The lowest BCUT2D eigenvalue weighted by molar-refractivity contribution is -0.132. The van der Waals surface area contributed by atoms with Crippen LogP contribution in [0.2, 0.25) is 0 Å². The first-order valence-corrected chi connectivity index (χ1v) is 8.10. The van der Waals surface area contributed by atoms with Gasteiger partial charge in [-0.3, -0.25) is 4.79 Å². The van der Waals surface area contributed by atoms with Crippen LogP contribution in [0, 0.1) is 5.92 Å². The topological polar surface area (TPSA) is 45.5 Å². The number of aliphatic hydroxyl groups excluding tert-OH is 1. The summed E-state index contributed by atoms with van der Waals surface area (Å²) in [5.41, 5.74) is 2.46. The van der Waals surface area contributed by atoms with E-state index in [9.17, 15) is 4.79 Å². The summed E-state index contributed by atoms with van der Waals surface area (Å²) < 4.78 is 2.13. The SMILES string of the molecule is Cn1cc(CCC(=O)N2CCC(CO)CC2)c2ccccc21. The zero-order valence-corrected chi connectivity index (χ0v) is 13.2. The maximum atomic E-state index is 12.4. The van der Waals surface area contributed by atoms with Crippen LogP contribution in [0.5, 0.6) is 0 Å². The van der Waals surface area contributed by atoms with Crippen molar-refractivity contribution in [3.8, 4) is 0 Å². The Labute approximate surface area is 131 Å². The molecule has 0 radical (unpaired) electrons. The molecule has 1 fully saturated rings. The molecule has 1 saturated heterocycles. The standard InChI is InChI=1S/C18H24N2O2/c1-19-12-15(16-4-2-3-5-17(16)19)6-7-18(22)20-10-8-14(13-21)9-11-20/h2-5,12,14,21H,6-11,13H2,1H3. The van der Waals surface area contributed by atoms with E-state index in [1.54, 1.807) is 0 Å². The van der Waals surface area contributed by atoms with E-state index in [-0.39, 0.29) is 12.5 Å². The van der Waals surface area contributed by atoms with Gasteiger partial charge in [0.15, 0.2) is 0 Å². The highest BCUT2D eigenvalue weighted by Gasteiger charge is 2.22. The number of nitrogens with zero attached hydrogens (tertiary/aromatic N) is 2. The number of carbonyl (C=O) groups is 1. The molecule has 2 aromatic rings. The van der Waals surface area contributed by atoms with Crippen LogP contribution in [0.3, 0.4) is 0 Å². The smallest absolute Gasteiger partial charge is 0.222 e. The van der Waals surface area contributed by atoms with Crippen LogP contribution < -0.4 is 0 Å². The van der Waals surface area contributed by atoms with Crippen molar-refractivity contribution in [2.75, 3.05) is 19.7 Å². The molecule has 0 aliphatic carbocycles. The van der Waals surface area contributed by atoms with Crippen LogP contribution in [-0.4, -0.2) is 40.2 Å². The number of aryl methyl sites for hydroxylation is 2. The number of aliphatic hydroxyl groups is 1. The van der Waals surface area contributed by atoms with Crippen molar-refractivity contribution in [1.82, 2.24) is 9.47 Å². The van der Waals surface area contributed by atoms with Gasteiger partial charge in [0.25, 0.3) is 0 Å². The number of amides is 1. The first-order chi connectivity index (χ1) is 10.7. The molecule has 118 valence electrons. The molecule has 4 heteroatoms. The van der Waals surface area contributed by atoms with Gasteiger partial charge < -0.3 is 14.6 Å². The molecule has 0 bridgehead atoms. The van der Waals surface area contributed by atoms with Crippen LogP contribution in [-0.2, 0) is 18.3 Å². The van der Waals surface area contributed by atoms with E-state index < -0.39 is 0 Å². The van der Waals surface area contributed by atoms with Crippen molar-refractivity contribution in [1.29, 1.82) is 0 Å². The number of benzene rings is 1. The molecule has 1 aliphatic heterocycles. The maximum absolute atomic E-state index is 12.4. The fraction of sp³-hybridized carbons (Fsp3) is 0.500. The number of aromatic nitrogens is 1. The first kappa shape index (κ1) is 15.1. The Kier molecular flexibility index (Phi) is 4.48. The highest BCUT2D eigenvalue weighted by atomic mass is 16.3. The van der Waals surface area contributed by atoms with Gasteiger partial charge in [0, 0.05) is 50.3 Å². The Bertz CT molecular complexity index is 654. The first-order valence-electron chi connectivity index (χ1n) is 8.10. The summed E-state index contributed by atoms with van der Waals surface area (Å²) >= 11 is 0. The Balaban J connectivity index is 1.61. The number of hydrogen-bond donors (Lipinski definition) is 1. The average molecular weight is 300 g/mol. The zero-order chi connectivity index (χ0) is 15.5. The monoisotopic (exact) mass is 300 g/mol. The van der Waals surface area contributed by atoms with E-state index in [2.05, 4.69) is 22.9 Å². The van der Waals surface area contributed by atoms with Gasteiger partial charge in [-0.1, -0.05) is 18.2 Å². The van der Waals surface area contributed by atoms with Gasteiger partial charge in [-0.15, -0.1) is 0 Å². The summed E-state index contributed by atoms with van der Waals surface area (Å²) in [6, 6.07) is 8.33. The molecule has 3 rings (SSSR count). The van der Waals surface area contributed by atoms with Crippen molar-refractivity contribution in [3.05, 3.63) is 36.0 Å². The van der Waals surface area contributed by atoms with Crippen molar-refractivity contribution in [3.63, 3.8) is 0 Å². The molecule has 0 atom stereocenters.